The van der Waals surface area contributed by atoms with Gasteiger partial charge in [0.25, 0.3) is 5.91 Å². The molecule has 94 valence electrons. The molecule has 1 aliphatic rings. The molecule has 0 radical (unpaired) electrons. The fourth-order valence-electron chi connectivity index (χ4n) is 2.34. The summed E-state index contributed by atoms with van der Waals surface area (Å²) in [4.78, 5) is 11.9. The van der Waals surface area contributed by atoms with Crippen molar-refractivity contribution in [3.8, 4) is 0 Å². The van der Waals surface area contributed by atoms with E-state index in [1.807, 2.05) is 13.8 Å². The summed E-state index contributed by atoms with van der Waals surface area (Å²) in [6.07, 6.45) is 3.47. The molecule has 2 heterocycles. The molecule has 1 aliphatic heterocycles. The minimum atomic E-state index is -0.0215. The van der Waals surface area contributed by atoms with E-state index in [0.717, 1.165) is 30.9 Å². The normalized spacial score (nSPS) is 19.5. The van der Waals surface area contributed by atoms with Crippen LogP contribution in [0.3, 0.4) is 0 Å². The minimum Gasteiger partial charge on any atom is -0.352 e. The lowest BCUT2D eigenvalue weighted by atomic mass is 10.1. The van der Waals surface area contributed by atoms with Crippen molar-refractivity contribution in [3.05, 3.63) is 17.0 Å². The second-order valence-electron chi connectivity index (χ2n) is 4.65. The number of rotatable bonds is 4. The van der Waals surface area contributed by atoms with Crippen LogP contribution in [0.1, 0.15) is 41.0 Å². The number of amides is 1. The first-order valence-electron chi connectivity index (χ1n) is 6.21. The lowest BCUT2D eigenvalue weighted by Crippen LogP contribution is -2.31. The Labute approximate surface area is 101 Å². The van der Waals surface area contributed by atoms with Gasteiger partial charge in [0.15, 0.2) is 0 Å². The molecule has 0 bridgehead atoms. The predicted molar refractivity (Wildman–Crippen MR) is 66.0 cm³/mol. The van der Waals surface area contributed by atoms with Crippen molar-refractivity contribution in [2.24, 2.45) is 0 Å². The standard InChI is InChI=1S/C12H20N4O/c1-8-11(9(2)16-15-8)12(17)14-7-5-10-4-3-6-13-10/h10,13H,3-7H2,1-2H3,(H,14,17)(H,15,16)/t10-/m1/s1. The molecule has 2 rings (SSSR count). The molecule has 5 nitrogen and oxygen atoms in total. The summed E-state index contributed by atoms with van der Waals surface area (Å²) in [6, 6.07) is 0.571. The Morgan fingerprint density at radius 1 is 1.53 bits per heavy atom. The molecular formula is C12H20N4O. The van der Waals surface area contributed by atoms with Crippen molar-refractivity contribution in [1.82, 2.24) is 20.8 Å². The van der Waals surface area contributed by atoms with E-state index >= 15 is 0 Å². The summed E-state index contributed by atoms with van der Waals surface area (Å²) in [7, 11) is 0. The molecule has 1 fully saturated rings. The van der Waals surface area contributed by atoms with Crippen LogP contribution >= 0.6 is 0 Å². The molecule has 0 saturated carbocycles. The van der Waals surface area contributed by atoms with E-state index < -0.39 is 0 Å². The maximum Gasteiger partial charge on any atom is 0.255 e. The van der Waals surface area contributed by atoms with Gasteiger partial charge in [0.1, 0.15) is 0 Å². The van der Waals surface area contributed by atoms with E-state index in [2.05, 4.69) is 20.8 Å². The SMILES string of the molecule is Cc1n[nH]c(C)c1C(=O)NCC[C@H]1CCCN1. The fourth-order valence-corrected chi connectivity index (χ4v) is 2.34. The van der Waals surface area contributed by atoms with Gasteiger partial charge in [0, 0.05) is 18.3 Å². The van der Waals surface area contributed by atoms with Gasteiger partial charge in [-0.1, -0.05) is 0 Å². The topological polar surface area (TPSA) is 69.8 Å². The Bertz CT molecular complexity index is 374. The van der Waals surface area contributed by atoms with Gasteiger partial charge in [-0.3, -0.25) is 9.89 Å². The van der Waals surface area contributed by atoms with Gasteiger partial charge in [-0.05, 0) is 39.7 Å². The number of aromatic nitrogens is 2. The molecule has 17 heavy (non-hydrogen) atoms. The first kappa shape index (κ1) is 12.1. The molecule has 1 saturated heterocycles. The van der Waals surface area contributed by atoms with Crippen LogP contribution in [0, 0.1) is 13.8 Å². The third-order valence-electron chi connectivity index (χ3n) is 3.30. The van der Waals surface area contributed by atoms with Gasteiger partial charge >= 0.3 is 0 Å². The molecular weight excluding hydrogens is 216 g/mol. The third kappa shape index (κ3) is 2.85. The molecule has 0 unspecified atom stereocenters. The van der Waals surface area contributed by atoms with Gasteiger partial charge in [-0.2, -0.15) is 5.10 Å². The Morgan fingerprint density at radius 3 is 2.94 bits per heavy atom. The Kier molecular flexibility index (Phi) is 3.78. The summed E-state index contributed by atoms with van der Waals surface area (Å²) in [6.45, 7) is 5.55. The van der Waals surface area contributed by atoms with E-state index in [0.29, 0.717) is 11.6 Å². The molecule has 5 heteroatoms. The number of nitrogens with one attached hydrogen (secondary N) is 3. The van der Waals surface area contributed by atoms with Crippen molar-refractivity contribution >= 4 is 5.91 Å². The van der Waals surface area contributed by atoms with Gasteiger partial charge in [0.2, 0.25) is 0 Å². The quantitative estimate of drug-likeness (QED) is 0.727. The summed E-state index contributed by atoms with van der Waals surface area (Å²) >= 11 is 0. The molecule has 1 aromatic heterocycles. The minimum absolute atomic E-state index is 0.0215. The number of aryl methyl sites for hydroxylation is 2. The summed E-state index contributed by atoms with van der Waals surface area (Å²) in [5, 5.41) is 13.2. The monoisotopic (exact) mass is 236 g/mol. The Balaban J connectivity index is 1.81. The fraction of sp³-hybridized carbons (Fsp3) is 0.667. The van der Waals surface area contributed by atoms with Crippen LogP contribution in [0.25, 0.3) is 0 Å². The molecule has 0 aliphatic carbocycles. The van der Waals surface area contributed by atoms with Crippen molar-refractivity contribution in [2.75, 3.05) is 13.1 Å². The highest BCUT2D eigenvalue weighted by Crippen LogP contribution is 2.10. The number of H-pyrrole nitrogens is 1. The van der Waals surface area contributed by atoms with E-state index in [1.165, 1.54) is 12.8 Å². The second kappa shape index (κ2) is 5.31. The number of carbonyl (C=O) groups excluding carboxylic acids is 1. The molecule has 3 N–H and O–H groups in total. The van der Waals surface area contributed by atoms with Crippen LogP contribution in [0.2, 0.25) is 0 Å². The van der Waals surface area contributed by atoms with Crippen LogP contribution in [0.4, 0.5) is 0 Å². The van der Waals surface area contributed by atoms with Crippen LogP contribution in [-0.2, 0) is 0 Å². The molecule has 1 atom stereocenters. The summed E-state index contributed by atoms with van der Waals surface area (Å²) in [5.41, 5.74) is 2.28. The van der Waals surface area contributed by atoms with Crippen LogP contribution in [-0.4, -0.2) is 35.2 Å². The first-order chi connectivity index (χ1) is 8.18. The third-order valence-corrected chi connectivity index (χ3v) is 3.30. The van der Waals surface area contributed by atoms with Gasteiger partial charge in [-0.15, -0.1) is 0 Å². The van der Waals surface area contributed by atoms with Crippen molar-refractivity contribution in [2.45, 2.75) is 39.2 Å². The molecule has 1 amide bonds. The van der Waals surface area contributed by atoms with E-state index in [9.17, 15) is 4.79 Å². The average molecular weight is 236 g/mol. The number of aromatic amines is 1. The number of hydrogen-bond donors (Lipinski definition) is 3. The Morgan fingerprint density at radius 2 is 2.35 bits per heavy atom. The van der Waals surface area contributed by atoms with Gasteiger partial charge in [-0.25, -0.2) is 0 Å². The number of nitrogens with zero attached hydrogens (tertiary/aromatic N) is 1. The molecule has 0 spiro atoms. The maximum atomic E-state index is 11.9. The highest BCUT2D eigenvalue weighted by atomic mass is 16.1. The smallest absolute Gasteiger partial charge is 0.255 e. The van der Waals surface area contributed by atoms with Crippen LogP contribution in [0.15, 0.2) is 0 Å². The predicted octanol–water partition coefficient (Wildman–Crippen LogP) is 0.898. The summed E-state index contributed by atoms with van der Waals surface area (Å²) in [5.74, 6) is -0.0215. The zero-order chi connectivity index (χ0) is 12.3. The Hall–Kier alpha value is -1.36. The van der Waals surface area contributed by atoms with E-state index in [4.69, 9.17) is 0 Å². The zero-order valence-electron chi connectivity index (χ0n) is 10.5. The van der Waals surface area contributed by atoms with Crippen molar-refractivity contribution < 1.29 is 4.79 Å². The number of hydrogen-bond acceptors (Lipinski definition) is 3. The van der Waals surface area contributed by atoms with Gasteiger partial charge in [0.05, 0.1) is 11.3 Å². The maximum absolute atomic E-state index is 11.9. The van der Waals surface area contributed by atoms with Crippen LogP contribution < -0.4 is 10.6 Å². The first-order valence-corrected chi connectivity index (χ1v) is 6.21. The lowest BCUT2D eigenvalue weighted by Gasteiger charge is -2.10. The summed E-state index contributed by atoms with van der Waals surface area (Å²) < 4.78 is 0. The largest absolute Gasteiger partial charge is 0.352 e. The van der Waals surface area contributed by atoms with Crippen molar-refractivity contribution in [3.63, 3.8) is 0 Å². The number of carbonyl (C=O) groups is 1. The molecule has 0 aromatic carbocycles. The second-order valence-corrected chi connectivity index (χ2v) is 4.65. The zero-order valence-corrected chi connectivity index (χ0v) is 10.5. The lowest BCUT2D eigenvalue weighted by molar-refractivity contribution is 0.0951. The average Bonchev–Trinajstić information content (AvgIpc) is 2.89. The van der Waals surface area contributed by atoms with Crippen molar-refractivity contribution in [1.29, 1.82) is 0 Å². The van der Waals surface area contributed by atoms with Gasteiger partial charge < -0.3 is 10.6 Å². The highest BCUT2D eigenvalue weighted by Gasteiger charge is 2.16. The van der Waals surface area contributed by atoms with Crippen LogP contribution in [0.5, 0.6) is 0 Å². The highest BCUT2D eigenvalue weighted by molar-refractivity contribution is 5.96. The van der Waals surface area contributed by atoms with E-state index in [-0.39, 0.29) is 5.91 Å². The molecule has 1 aromatic rings. The van der Waals surface area contributed by atoms with E-state index in [1.54, 1.807) is 0 Å².